The molecule has 0 aliphatic carbocycles. The highest BCUT2D eigenvalue weighted by atomic mass is 14.8. The zero-order valence-electron chi connectivity index (χ0n) is 15.9. The maximum absolute atomic E-state index is 4.68. The van der Waals surface area contributed by atoms with Crippen molar-refractivity contribution >= 4 is 51.1 Å². The Hall–Kier alpha value is -3.85. The van der Waals surface area contributed by atoms with Crippen molar-refractivity contribution in [2.24, 2.45) is 15.0 Å². The van der Waals surface area contributed by atoms with Crippen LogP contribution in [0.1, 0.15) is 6.42 Å². The molecule has 4 aromatic rings. The highest BCUT2D eigenvalue weighted by molar-refractivity contribution is 6.33. The van der Waals surface area contributed by atoms with E-state index in [1.54, 1.807) is 0 Å². The summed E-state index contributed by atoms with van der Waals surface area (Å²) in [6, 6.07) is 28.9. The van der Waals surface area contributed by atoms with E-state index in [4.69, 9.17) is 0 Å². The van der Waals surface area contributed by atoms with Crippen molar-refractivity contribution in [3.63, 3.8) is 0 Å². The molecule has 0 unspecified atom stereocenters. The second kappa shape index (κ2) is 7.64. The number of allylic oxidation sites excluding steroid dienone is 2. The Labute approximate surface area is 169 Å². The molecule has 138 valence electrons. The van der Waals surface area contributed by atoms with E-state index in [0.29, 0.717) is 0 Å². The van der Waals surface area contributed by atoms with Gasteiger partial charge in [-0.25, -0.2) is 0 Å². The third-order valence-corrected chi connectivity index (χ3v) is 5.01. The molecule has 1 heterocycles. The Bertz CT molecular complexity index is 1320. The molecule has 5 rings (SSSR count). The molecule has 1 aliphatic rings. The van der Waals surface area contributed by atoms with Crippen LogP contribution in [0.3, 0.4) is 0 Å². The van der Waals surface area contributed by atoms with Crippen molar-refractivity contribution in [1.29, 1.82) is 0 Å². The van der Waals surface area contributed by atoms with Gasteiger partial charge in [-0.2, -0.15) is 0 Å². The third-order valence-electron chi connectivity index (χ3n) is 5.01. The number of nitrogens with zero attached hydrogens (tertiary/aromatic N) is 3. The fourth-order valence-corrected chi connectivity index (χ4v) is 3.55. The van der Waals surface area contributed by atoms with Gasteiger partial charge in [0.1, 0.15) is 0 Å². The fourth-order valence-electron chi connectivity index (χ4n) is 3.55. The monoisotopic (exact) mass is 373 g/mol. The van der Waals surface area contributed by atoms with Crippen LogP contribution in [0.2, 0.25) is 0 Å². The maximum atomic E-state index is 4.68. The number of hydrogen-bond acceptors (Lipinski definition) is 3. The van der Waals surface area contributed by atoms with Gasteiger partial charge in [-0.1, -0.05) is 78.9 Å². The highest BCUT2D eigenvalue weighted by Crippen LogP contribution is 2.27. The normalized spacial score (nSPS) is 14.2. The van der Waals surface area contributed by atoms with Crippen molar-refractivity contribution in [1.82, 2.24) is 0 Å². The summed E-state index contributed by atoms with van der Waals surface area (Å²) in [5.41, 5.74) is 3.73. The minimum Gasteiger partial charge on any atom is -0.254 e. The Morgan fingerprint density at radius 3 is 1.83 bits per heavy atom. The summed E-state index contributed by atoms with van der Waals surface area (Å²) in [6.07, 6.45) is 6.54. The van der Waals surface area contributed by atoms with Crippen molar-refractivity contribution in [2.75, 3.05) is 0 Å². The molecule has 29 heavy (non-hydrogen) atoms. The molecule has 1 aliphatic heterocycles. The molecular formula is C26H19N3. The van der Waals surface area contributed by atoms with Crippen molar-refractivity contribution < 1.29 is 0 Å². The maximum Gasteiger partial charge on any atom is 0.0780 e. The number of fused-ring (bicyclic) bond motifs is 2. The van der Waals surface area contributed by atoms with Gasteiger partial charge >= 0.3 is 0 Å². The minimum atomic E-state index is 0.769. The van der Waals surface area contributed by atoms with Crippen molar-refractivity contribution in [3.05, 3.63) is 96.7 Å². The summed E-state index contributed by atoms with van der Waals surface area (Å²) < 4.78 is 0. The Morgan fingerprint density at radius 2 is 1.17 bits per heavy atom. The molecular weight excluding hydrogens is 354 g/mol. The summed E-state index contributed by atoms with van der Waals surface area (Å²) in [5, 5.41) is 4.67. The van der Waals surface area contributed by atoms with Crippen LogP contribution >= 0.6 is 0 Å². The van der Waals surface area contributed by atoms with E-state index in [2.05, 4.69) is 57.5 Å². The van der Waals surface area contributed by atoms with Gasteiger partial charge in [0.15, 0.2) is 0 Å². The molecule has 3 heteroatoms. The first-order valence-corrected chi connectivity index (χ1v) is 9.68. The molecule has 0 N–H and O–H groups in total. The lowest BCUT2D eigenvalue weighted by Gasteiger charge is -2.01. The first-order chi connectivity index (χ1) is 14.4. The van der Waals surface area contributed by atoms with E-state index in [1.165, 1.54) is 10.8 Å². The molecule has 4 aromatic carbocycles. The number of rotatable bonds is 4. The number of hydrogen-bond donors (Lipinski definition) is 0. The molecule has 0 fully saturated rings. The van der Waals surface area contributed by atoms with E-state index in [1.807, 2.05) is 61.0 Å². The molecule has 0 aromatic heterocycles. The molecule has 3 nitrogen and oxygen atoms in total. The SMILES string of the molecule is C(=Nc1cccc2ccccc12)C1=CCC(C=Nc2cccc3ccccc23)=N1. The molecule has 0 spiro atoms. The second-order valence-electron chi connectivity index (χ2n) is 6.95. The van der Waals surface area contributed by atoms with Crippen LogP contribution in [-0.2, 0) is 0 Å². The predicted molar refractivity (Wildman–Crippen MR) is 124 cm³/mol. The number of aliphatic imine (C=N–C) groups is 3. The molecule has 0 amide bonds. The highest BCUT2D eigenvalue weighted by Gasteiger charge is 2.06. The number of benzene rings is 4. The third kappa shape index (κ3) is 3.63. The Morgan fingerprint density at radius 1 is 0.621 bits per heavy atom. The summed E-state index contributed by atoms with van der Waals surface area (Å²) >= 11 is 0. The standard InChI is InChI=1S/C26H19N3/c1-3-11-23-19(7-1)9-5-13-25(23)27-17-21-15-16-22(29-21)18-28-26-14-6-10-20-8-2-4-12-24(20)26/h1-15,17-18H,16H2. The summed E-state index contributed by atoms with van der Waals surface area (Å²) in [4.78, 5) is 14.0. The molecule has 0 radical (unpaired) electrons. The largest absolute Gasteiger partial charge is 0.254 e. The predicted octanol–water partition coefficient (Wildman–Crippen LogP) is 6.83. The van der Waals surface area contributed by atoms with E-state index in [0.717, 1.165) is 40.0 Å². The van der Waals surface area contributed by atoms with E-state index in [9.17, 15) is 0 Å². The zero-order chi connectivity index (χ0) is 19.5. The van der Waals surface area contributed by atoms with Gasteiger partial charge in [0.25, 0.3) is 0 Å². The first kappa shape index (κ1) is 17.3. The van der Waals surface area contributed by atoms with Crippen molar-refractivity contribution in [2.45, 2.75) is 6.42 Å². The van der Waals surface area contributed by atoms with Gasteiger partial charge in [-0.15, -0.1) is 0 Å². The van der Waals surface area contributed by atoms with Crippen LogP contribution in [0.25, 0.3) is 21.5 Å². The van der Waals surface area contributed by atoms with Crippen LogP contribution in [-0.4, -0.2) is 18.1 Å². The summed E-state index contributed by atoms with van der Waals surface area (Å²) in [7, 11) is 0. The Balaban J connectivity index is 1.36. The summed E-state index contributed by atoms with van der Waals surface area (Å²) in [6.45, 7) is 0. The van der Waals surface area contributed by atoms with Gasteiger partial charge in [0, 0.05) is 23.4 Å². The minimum absolute atomic E-state index is 0.769. The van der Waals surface area contributed by atoms with Gasteiger partial charge in [-0.05, 0) is 22.9 Å². The van der Waals surface area contributed by atoms with E-state index in [-0.39, 0.29) is 0 Å². The molecule has 0 saturated carbocycles. The fraction of sp³-hybridized carbons (Fsp3) is 0.0385. The molecule has 0 atom stereocenters. The zero-order valence-corrected chi connectivity index (χ0v) is 15.9. The quantitative estimate of drug-likeness (QED) is 0.352. The van der Waals surface area contributed by atoms with E-state index < -0.39 is 0 Å². The van der Waals surface area contributed by atoms with E-state index >= 15 is 0 Å². The van der Waals surface area contributed by atoms with Gasteiger partial charge in [-0.3, -0.25) is 15.0 Å². The topological polar surface area (TPSA) is 37.1 Å². The lowest BCUT2D eigenvalue weighted by Crippen LogP contribution is -1.93. The first-order valence-electron chi connectivity index (χ1n) is 9.68. The molecule has 0 bridgehead atoms. The van der Waals surface area contributed by atoms with Gasteiger partial charge < -0.3 is 0 Å². The van der Waals surface area contributed by atoms with Crippen LogP contribution in [0, 0.1) is 0 Å². The van der Waals surface area contributed by atoms with Crippen LogP contribution in [0.4, 0.5) is 11.4 Å². The van der Waals surface area contributed by atoms with Crippen LogP contribution in [0.15, 0.2) is 112 Å². The second-order valence-corrected chi connectivity index (χ2v) is 6.95. The average molecular weight is 373 g/mol. The Kier molecular flexibility index (Phi) is 4.55. The molecule has 0 saturated heterocycles. The lowest BCUT2D eigenvalue weighted by molar-refractivity contribution is 1.49. The summed E-state index contributed by atoms with van der Waals surface area (Å²) in [5.74, 6) is 0. The van der Waals surface area contributed by atoms with Gasteiger partial charge in [0.2, 0.25) is 0 Å². The smallest absolute Gasteiger partial charge is 0.0780 e. The lowest BCUT2D eigenvalue weighted by atomic mass is 10.1. The van der Waals surface area contributed by atoms with Gasteiger partial charge in [0.05, 0.1) is 29.0 Å². The van der Waals surface area contributed by atoms with Crippen LogP contribution < -0.4 is 0 Å². The average Bonchev–Trinajstić information content (AvgIpc) is 3.24. The van der Waals surface area contributed by atoms with Crippen LogP contribution in [0.5, 0.6) is 0 Å². The van der Waals surface area contributed by atoms with Crippen molar-refractivity contribution in [3.8, 4) is 0 Å².